The van der Waals surface area contributed by atoms with Crippen molar-refractivity contribution in [1.82, 2.24) is 5.32 Å². The quantitative estimate of drug-likeness (QED) is 0.826. The molecule has 0 aliphatic carbocycles. The Balaban J connectivity index is 1.85. The highest BCUT2D eigenvalue weighted by Crippen LogP contribution is 2.19. The van der Waals surface area contributed by atoms with Gasteiger partial charge < -0.3 is 14.5 Å². The van der Waals surface area contributed by atoms with E-state index in [2.05, 4.69) is 17.0 Å². The maximum absolute atomic E-state index is 11.2. The molecule has 2 heterocycles. The fourth-order valence-corrected chi connectivity index (χ4v) is 2.67. The third kappa shape index (κ3) is 3.94. The summed E-state index contributed by atoms with van der Waals surface area (Å²) in [6.07, 6.45) is 2.02. The van der Waals surface area contributed by atoms with Crippen molar-refractivity contribution in [3.8, 4) is 0 Å². The predicted octanol–water partition coefficient (Wildman–Crippen LogP) is 2.91. The van der Waals surface area contributed by atoms with Crippen molar-refractivity contribution >= 4 is 17.3 Å². The van der Waals surface area contributed by atoms with Gasteiger partial charge in [-0.25, -0.2) is 0 Å². The van der Waals surface area contributed by atoms with Gasteiger partial charge in [0.15, 0.2) is 0 Å². The number of carbonyl (C=O) groups is 1. The number of ether oxygens (including phenoxy) is 1. The van der Waals surface area contributed by atoms with Crippen molar-refractivity contribution in [2.45, 2.75) is 25.9 Å². The van der Waals surface area contributed by atoms with Crippen LogP contribution in [0.25, 0.3) is 0 Å². The van der Waals surface area contributed by atoms with E-state index in [1.54, 1.807) is 17.6 Å². The molecule has 2 rings (SSSR count). The highest BCUT2D eigenvalue weighted by Gasteiger charge is 2.09. The van der Waals surface area contributed by atoms with E-state index in [9.17, 15) is 4.79 Å². The molecule has 0 spiro atoms. The van der Waals surface area contributed by atoms with Crippen molar-refractivity contribution in [1.29, 1.82) is 0 Å². The number of hydrogen-bond acceptors (Lipinski definition) is 5. The molecule has 0 bridgehead atoms. The third-order valence-electron chi connectivity index (χ3n) is 2.82. The lowest BCUT2D eigenvalue weighted by Gasteiger charge is -2.09. The summed E-state index contributed by atoms with van der Waals surface area (Å²) in [7, 11) is 1.41. The summed E-state index contributed by atoms with van der Waals surface area (Å²) in [6, 6.07) is 8.00. The van der Waals surface area contributed by atoms with Gasteiger partial charge in [-0.2, -0.15) is 0 Å². The van der Waals surface area contributed by atoms with Gasteiger partial charge in [0.05, 0.1) is 25.8 Å². The van der Waals surface area contributed by atoms with Crippen molar-refractivity contribution in [2.75, 3.05) is 7.11 Å². The molecule has 5 heteroatoms. The van der Waals surface area contributed by atoms with E-state index >= 15 is 0 Å². The Morgan fingerprint density at radius 2 is 2.21 bits per heavy atom. The lowest BCUT2D eigenvalue weighted by molar-refractivity contribution is -0.139. The second kappa shape index (κ2) is 6.54. The van der Waals surface area contributed by atoms with Crippen LogP contribution < -0.4 is 5.32 Å². The molecule has 4 nitrogen and oxygen atoms in total. The van der Waals surface area contributed by atoms with Crippen molar-refractivity contribution in [3.63, 3.8) is 0 Å². The van der Waals surface area contributed by atoms with Crippen LogP contribution in [0.15, 0.2) is 34.9 Å². The monoisotopic (exact) mass is 279 g/mol. The van der Waals surface area contributed by atoms with Gasteiger partial charge in [0.1, 0.15) is 5.76 Å². The van der Waals surface area contributed by atoms with Crippen LogP contribution in [0, 0.1) is 0 Å². The first-order chi connectivity index (χ1) is 9.19. The van der Waals surface area contributed by atoms with Gasteiger partial charge in [-0.3, -0.25) is 4.79 Å². The SMILES string of the molecule is COC(=O)Cc1ccc(CN[C@H](C)c2ccco2)s1. The fraction of sp³-hybridized carbons (Fsp3) is 0.357. The average molecular weight is 279 g/mol. The second-order valence-corrected chi connectivity index (χ2v) is 5.49. The van der Waals surface area contributed by atoms with E-state index in [1.807, 2.05) is 24.3 Å². The van der Waals surface area contributed by atoms with Crippen LogP contribution in [0.5, 0.6) is 0 Å². The molecule has 0 unspecified atom stereocenters. The molecule has 0 fully saturated rings. The molecular weight excluding hydrogens is 262 g/mol. The van der Waals surface area contributed by atoms with Crippen LogP contribution in [0.3, 0.4) is 0 Å². The standard InChI is InChI=1S/C14H17NO3S/c1-10(13-4-3-7-18-13)15-9-12-6-5-11(19-12)8-14(16)17-2/h3-7,10,15H,8-9H2,1-2H3/t10-/m1/s1. The van der Waals surface area contributed by atoms with Gasteiger partial charge >= 0.3 is 5.97 Å². The Hall–Kier alpha value is -1.59. The summed E-state index contributed by atoms with van der Waals surface area (Å²) in [5, 5.41) is 3.38. The summed E-state index contributed by atoms with van der Waals surface area (Å²) in [4.78, 5) is 13.4. The summed E-state index contributed by atoms with van der Waals surface area (Å²) < 4.78 is 9.99. The highest BCUT2D eigenvalue weighted by atomic mass is 32.1. The fourth-order valence-electron chi connectivity index (χ4n) is 1.72. The summed E-state index contributed by atoms with van der Waals surface area (Å²) in [5.74, 6) is 0.719. The Morgan fingerprint density at radius 1 is 1.42 bits per heavy atom. The lowest BCUT2D eigenvalue weighted by Crippen LogP contribution is -2.16. The molecule has 2 aromatic rings. The van der Waals surface area contributed by atoms with E-state index in [4.69, 9.17) is 4.42 Å². The molecule has 19 heavy (non-hydrogen) atoms. The largest absolute Gasteiger partial charge is 0.469 e. The predicted molar refractivity (Wildman–Crippen MR) is 74.0 cm³/mol. The zero-order valence-electron chi connectivity index (χ0n) is 11.0. The van der Waals surface area contributed by atoms with Gasteiger partial charge in [-0.05, 0) is 31.2 Å². The summed E-state index contributed by atoms with van der Waals surface area (Å²) in [6.45, 7) is 2.81. The van der Waals surface area contributed by atoms with Crippen molar-refractivity contribution in [2.24, 2.45) is 0 Å². The minimum absolute atomic E-state index is 0.168. The molecule has 0 aromatic carbocycles. The molecule has 0 aliphatic rings. The third-order valence-corrected chi connectivity index (χ3v) is 3.90. The number of esters is 1. The van der Waals surface area contributed by atoms with Crippen LogP contribution in [0.2, 0.25) is 0 Å². The van der Waals surface area contributed by atoms with E-state index in [1.165, 1.54) is 12.0 Å². The van der Waals surface area contributed by atoms with Crippen LogP contribution in [-0.4, -0.2) is 13.1 Å². The van der Waals surface area contributed by atoms with Gasteiger partial charge in [-0.1, -0.05) is 0 Å². The zero-order valence-corrected chi connectivity index (χ0v) is 11.8. The maximum atomic E-state index is 11.2. The van der Waals surface area contributed by atoms with Gasteiger partial charge in [-0.15, -0.1) is 11.3 Å². The Labute approximate surface area is 116 Å². The first-order valence-corrected chi connectivity index (χ1v) is 6.92. The number of furan rings is 1. The Bertz CT molecular complexity index is 519. The highest BCUT2D eigenvalue weighted by molar-refractivity contribution is 7.12. The number of nitrogens with one attached hydrogen (secondary N) is 1. The molecule has 0 saturated heterocycles. The first-order valence-electron chi connectivity index (χ1n) is 6.10. The second-order valence-electron chi connectivity index (χ2n) is 4.24. The normalized spacial score (nSPS) is 12.3. The lowest BCUT2D eigenvalue weighted by atomic mass is 10.2. The Morgan fingerprint density at radius 3 is 2.89 bits per heavy atom. The minimum Gasteiger partial charge on any atom is -0.469 e. The summed E-state index contributed by atoms with van der Waals surface area (Å²) >= 11 is 1.62. The molecule has 0 radical (unpaired) electrons. The van der Waals surface area contributed by atoms with Gasteiger partial charge in [0.2, 0.25) is 0 Å². The van der Waals surface area contributed by atoms with E-state index in [0.29, 0.717) is 6.42 Å². The topological polar surface area (TPSA) is 51.5 Å². The van der Waals surface area contributed by atoms with E-state index < -0.39 is 0 Å². The Kier molecular flexibility index (Phi) is 4.76. The smallest absolute Gasteiger partial charge is 0.310 e. The number of rotatable bonds is 6. The van der Waals surface area contributed by atoms with Crippen LogP contribution in [0.1, 0.15) is 28.5 Å². The molecule has 2 aromatic heterocycles. The van der Waals surface area contributed by atoms with E-state index in [-0.39, 0.29) is 12.0 Å². The summed E-state index contributed by atoms with van der Waals surface area (Å²) in [5.41, 5.74) is 0. The first kappa shape index (κ1) is 13.8. The molecule has 0 amide bonds. The number of methoxy groups -OCH3 is 1. The number of carbonyl (C=O) groups excluding carboxylic acids is 1. The van der Waals surface area contributed by atoms with Crippen LogP contribution in [0.4, 0.5) is 0 Å². The van der Waals surface area contributed by atoms with Crippen LogP contribution >= 0.6 is 11.3 Å². The molecule has 0 saturated carbocycles. The molecule has 1 N–H and O–H groups in total. The van der Waals surface area contributed by atoms with Crippen molar-refractivity contribution in [3.05, 3.63) is 46.0 Å². The number of hydrogen-bond donors (Lipinski definition) is 1. The average Bonchev–Trinajstić information content (AvgIpc) is 3.07. The van der Waals surface area contributed by atoms with Crippen molar-refractivity contribution < 1.29 is 13.9 Å². The molecule has 0 aliphatic heterocycles. The van der Waals surface area contributed by atoms with Crippen LogP contribution in [-0.2, 0) is 22.5 Å². The minimum atomic E-state index is -0.203. The van der Waals surface area contributed by atoms with Gasteiger partial charge in [0.25, 0.3) is 0 Å². The molecular formula is C14H17NO3S. The maximum Gasteiger partial charge on any atom is 0.310 e. The number of thiophene rings is 1. The molecule has 1 atom stereocenters. The van der Waals surface area contributed by atoms with E-state index in [0.717, 1.165) is 17.2 Å². The van der Waals surface area contributed by atoms with Gasteiger partial charge in [0, 0.05) is 16.3 Å². The molecule has 102 valence electrons. The zero-order chi connectivity index (χ0) is 13.7.